The fourth-order valence-corrected chi connectivity index (χ4v) is 0.517. The molecular formula is C6H14BNO2. The zero-order valence-electron chi connectivity index (χ0n) is 6.29. The van der Waals surface area contributed by atoms with E-state index >= 15 is 0 Å². The van der Waals surface area contributed by atoms with Crippen molar-refractivity contribution in [3.05, 3.63) is 0 Å². The Morgan fingerprint density at radius 2 is 2.30 bits per heavy atom. The van der Waals surface area contributed by atoms with E-state index in [2.05, 4.69) is 0 Å². The van der Waals surface area contributed by atoms with Gasteiger partial charge in [-0.25, -0.2) is 0 Å². The summed E-state index contributed by atoms with van der Waals surface area (Å²) in [5.41, 5.74) is 5.25. The highest BCUT2D eigenvalue weighted by Crippen LogP contribution is 1.96. The van der Waals surface area contributed by atoms with Gasteiger partial charge in [0.05, 0.1) is 12.7 Å². The molecule has 0 aromatic rings. The van der Waals surface area contributed by atoms with Gasteiger partial charge < -0.3 is 15.6 Å². The van der Waals surface area contributed by atoms with Crippen LogP contribution in [0.15, 0.2) is 0 Å². The molecule has 0 unspecified atom stereocenters. The van der Waals surface area contributed by atoms with Crippen molar-refractivity contribution in [1.29, 1.82) is 0 Å². The molecule has 0 rings (SSSR count). The van der Waals surface area contributed by atoms with Crippen LogP contribution >= 0.6 is 0 Å². The van der Waals surface area contributed by atoms with Gasteiger partial charge >= 0.3 is 0 Å². The number of hydrogen-bond acceptors (Lipinski definition) is 3. The second-order valence-electron chi connectivity index (χ2n) is 2.12. The molecule has 58 valence electrons. The largest absolute Gasteiger partial charge is 0.394 e. The lowest BCUT2D eigenvalue weighted by atomic mass is 9.97. The topological polar surface area (TPSA) is 55.5 Å². The van der Waals surface area contributed by atoms with E-state index in [1.54, 1.807) is 0 Å². The van der Waals surface area contributed by atoms with Crippen LogP contribution in [-0.2, 0) is 4.74 Å². The predicted molar refractivity (Wildman–Crippen MR) is 40.8 cm³/mol. The first-order valence-electron chi connectivity index (χ1n) is 3.46. The maximum atomic E-state index is 8.61. The van der Waals surface area contributed by atoms with Crippen molar-refractivity contribution in [2.45, 2.75) is 25.5 Å². The second-order valence-corrected chi connectivity index (χ2v) is 2.12. The molecule has 0 heterocycles. The van der Waals surface area contributed by atoms with Crippen LogP contribution < -0.4 is 5.73 Å². The van der Waals surface area contributed by atoms with E-state index < -0.39 is 0 Å². The average Bonchev–Trinajstić information content (AvgIpc) is 1.99. The normalized spacial score (nSPS) is 16.7. The molecule has 0 bridgehead atoms. The monoisotopic (exact) mass is 143 g/mol. The summed E-state index contributed by atoms with van der Waals surface area (Å²) in [4.78, 5) is 0. The van der Waals surface area contributed by atoms with Gasteiger partial charge in [-0.2, -0.15) is 0 Å². The predicted octanol–water partition coefficient (Wildman–Crippen LogP) is -0.773. The highest BCUT2D eigenvalue weighted by molar-refractivity contribution is 6.10. The minimum atomic E-state index is -0.310. The zero-order valence-corrected chi connectivity index (χ0v) is 6.29. The number of ether oxygens (including phenoxy) is 1. The smallest absolute Gasteiger partial charge is 0.108 e. The van der Waals surface area contributed by atoms with Gasteiger partial charge in [0, 0.05) is 12.5 Å². The summed E-state index contributed by atoms with van der Waals surface area (Å²) in [5, 5.41) is 8.61. The SMILES string of the molecule is [B][C@@H](CC)O[C@H](CN)CO. The van der Waals surface area contributed by atoms with Crippen molar-refractivity contribution < 1.29 is 9.84 Å². The first-order chi connectivity index (χ1) is 4.74. The van der Waals surface area contributed by atoms with E-state index in [4.69, 9.17) is 23.4 Å². The molecular weight excluding hydrogens is 129 g/mol. The van der Waals surface area contributed by atoms with E-state index in [1.165, 1.54) is 0 Å². The Balaban J connectivity index is 3.41. The Bertz CT molecular complexity index is 78.1. The van der Waals surface area contributed by atoms with E-state index in [1.807, 2.05) is 6.92 Å². The van der Waals surface area contributed by atoms with Crippen LogP contribution in [0.1, 0.15) is 13.3 Å². The molecule has 0 aliphatic rings. The molecule has 0 saturated carbocycles. The standard InChI is InChI=1S/C6H14BNO2/c1-2-6(7)10-5(3-8)4-9/h5-6,9H,2-4,8H2,1H3/t5-,6-/m1/s1. The average molecular weight is 143 g/mol. The Morgan fingerprint density at radius 3 is 2.60 bits per heavy atom. The molecule has 3 N–H and O–H groups in total. The van der Waals surface area contributed by atoms with Gasteiger partial charge in [-0.1, -0.05) is 6.92 Å². The molecule has 0 aromatic carbocycles. The molecule has 0 saturated heterocycles. The van der Waals surface area contributed by atoms with Gasteiger partial charge in [0.25, 0.3) is 0 Å². The van der Waals surface area contributed by atoms with Crippen molar-refractivity contribution >= 4 is 7.85 Å². The summed E-state index contributed by atoms with van der Waals surface area (Å²) in [5.74, 6) is 0. The molecule has 4 heteroatoms. The summed E-state index contributed by atoms with van der Waals surface area (Å²) >= 11 is 0. The number of nitrogens with two attached hydrogens (primary N) is 1. The minimum Gasteiger partial charge on any atom is -0.394 e. The van der Waals surface area contributed by atoms with Crippen LogP contribution in [0.25, 0.3) is 0 Å². The maximum absolute atomic E-state index is 8.61. The zero-order chi connectivity index (χ0) is 7.98. The molecule has 10 heavy (non-hydrogen) atoms. The molecule has 2 atom stereocenters. The molecule has 0 aliphatic carbocycles. The van der Waals surface area contributed by atoms with Crippen molar-refractivity contribution in [2.24, 2.45) is 5.73 Å². The summed E-state index contributed by atoms with van der Waals surface area (Å²) < 4.78 is 5.10. The van der Waals surface area contributed by atoms with Gasteiger partial charge in [0.1, 0.15) is 7.85 Å². The lowest BCUT2D eigenvalue weighted by molar-refractivity contribution is -0.000138. The first kappa shape index (κ1) is 9.94. The van der Waals surface area contributed by atoms with Crippen LogP contribution in [0.5, 0.6) is 0 Å². The molecule has 0 aromatic heterocycles. The van der Waals surface area contributed by atoms with Crippen molar-refractivity contribution in [3.63, 3.8) is 0 Å². The van der Waals surface area contributed by atoms with E-state index in [0.29, 0.717) is 6.54 Å². The summed E-state index contributed by atoms with van der Waals surface area (Å²) in [7, 11) is 5.44. The van der Waals surface area contributed by atoms with Gasteiger partial charge in [-0.05, 0) is 6.42 Å². The highest BCUT2D eigenvalue weighted by atomic mass is 16.5. The molecule has 3 nitrogen and oxygen atoms in total. The Kier molecular flexibility index (Phi) is 5.68. The minimum absolute atomic E-state index is 0.0653. The van der Waals surface area contributed by atoms with Gasteiger partial charge in [0.15, 0.2) is 0 Å². The van der Waals surface area contributed by atoms with Crippen molar-refractivity contribution in [2.75, 3.05) is 13.2 Å². The number of aliphatic hydroxyl groups is 1. The lowest BCUT2D eigenvalue weighted by Crippen LogP contribution is -2.31. The third kappa shape index (κ3) is 3.87. The number of hydrogen-bond donors (Lipinski definition) is 2. The maximum Gasteiger partial charge on any atom is 0.108 e. The molecule has 2 radical (unpaired) electrons. The quantitative estimate of drug-likeness (QED) is 0.496. The first-order valence-corrected chi connectivity index (χ1v) is 3.46. The van der Waals surface area contributed by atoms with Crippen molar-refractivity contribution in [3.8, 4) is 0 Å². The lowest BCUT2D eigenvalue weighted by Gasteiger charge is -2.18. The van der Waals surface area contributed by atoms with Crippen LogP contribution in [0.2, 0.25) is 0 Å². The summed E-state index contributed by atoms with van der Waals surface area (Å²) in [6, 6.07) is -0.305. The van der Waals surface area contributed by atoms with Crippen LogP contribution in [0, 0.1) is 0 Å². The Labute approximate surface area is 63.0 Å². The summed E-state index contributed by atoms with van der Waals surface area (Å²) in [6.07, 6.45) is 0.422. The van der Waals surface area contributed by atoms with Gasteiger partial charge in [-0.3, -0.25) is 0 Å². The fourth-order valence-electron chi connectivity index (χ4n) is 0.517. The van der Waals surface area contributed by atoms with Crippen LogP contribution in [0.3, 0.4) is 0 Å². The Hall–Kier alpha value is -0.0551. The van der Waals surface area contributed by atoms with Crippen LogP contribution in [0.4, 0.5) is 0 Å². The van der Waals surface area contributed by atoms with Gasteiger partial charge in [0.2, 0.25) is 0 Å². The second kappa shape index (κ2) is 5.71. The third-order valence-electron chi connectivity index (χ3n) is 1.24. The highest BCUT2D eigenvalue weighted by Gasteiger charge is 2.07. The van der Waals surface area contributed by atoms with E-state index in [0.717, 1.165) is 6.42 Å². The van der Waals surface area contributed by atoms with Crippen molar-refractivity contribution in [1.82, 2.24) is 0 Å². The van der Waals surface area contributed by atoms with E-state index in [-0.39, 0.29) is 18.7 Å². The number of rotatable bonds is 5. The molecule has 0 aliphatic heterocycles. The summed E-state index contributed by atoms with van der Waals surface area (Å²) in [6.45, 7) is 2.16. The van der Waals surface area contributed by atoms with Crippen LogP contribution in [-0.4, -0.2) is 38.2 Å². The fraction of sp³-hybridized carbons (Fsp3) is 1.00. The third-order valence-corrected chi connectivity index (χ3v) is 1.24. The number of aliphatic hydroxyl groups excluding tert-OH is 1. The Morgan fingerprint density at radius 1 is 1.70 bits per heavy atom. The molecule has 0 spiro atoms. The molecule has 0 fully saturated rings. The van der Waals surface area contributed by atoms with Gasteiger partial charge in [-0.15, -0.1) is 0 Å². The van der Waals surface area contributed by atoms with E-state index in [9.17, 15) is 0 Å². The molecule has 0 amide bonds.